The molecule has 0 aliphatic heterocycles. The molecule has 5 atom stereocenters. The first-order chi connectivity index (χ1) is 40.8. The van der Waals surface area contributed by atoms with Gasteiger partial charge < -0.3 is 0 Å². The fourth-order valence-electron chi connectivity index (χ4n) is 8.92. The van der Waals surface area contributed by atoms with E-state index in [1.807, 2.05) is 6.07 Å². The van der Waals surface area contributed by atoms with Crippen LogP contribution in [0.1, 0.15) is 256 Å². The van der Waals surface area contributed by atoms with Crippen molar-refractivity contribution in [1.82, 2.24) is 0 Å². The molecule has 0 nitrogen and oxygen atoms in total. The van der Waals surface area contributed by atoms with Crippen LogP contribution in [0.25, 0.3) is 11.1 Å². The van der Waals surface area contributed by atoms with Crippen molar-refractivity contribution in [1.29, 1.82) is 0 Å². The standard InChI is InChI=1S/C12H16.C11H14.C9H14.C8H12.C8H10.C8H12.2C8H10.2C7H10.11CH4/c1-4-10(2)11(3)12-8-6-5-7-9-12;1-3-7-10(2)11-8-5-4-6-9-11;1-7-4-5-8(2)9(3)6-7;2*1-7-3-5-8(2)6-4-7;2*1-7-4-3-5-8(2)6-7;1-7-5-3-4-6-8(7)2;1-6-3-4-7(2)5-6;1-6-4-3-5-7(6)2;;;;;;;;;;;/h5-9H,4H2,1-3H3;4-9H,3H2,1-2H3;4-8H,1-3H3;3-8H,1-2H3;3-6H,1-2H3;3-4,6-7H,5H2,1-2H3;2*3-6H,1-2H3;2*3-6H,1-2H3;11*1H4/b11-10+;10-7+;;;;;;;;;;;;;;;;;;;. The molecule has 0 bridgehead atoms. The van der Waals surface area contributed by atoms with Crippen molar-refractivity contribution in [2.24, 2.45) is 41.4 Å². The molecule has 0 heterocycles. The van der Waals surface area contributed by atoms with Gasteiger partial charge >= 0.3 is 0 Å². The summed E-state index contributed by atoms with van der Waals surface area (Å²) in [6.45, 7) is 47.6. The Morgan fingerprint density at radius 3 is 1.06 bits per heavy atom. The molecule has 0 amide bonds. The van der Waals surface area contributed by atoms with Crippen molar-refractivity contribution in [2.45, 2.75) is 253 Å². The lowest BCUT2D eigenvalue weighted by atomic mass is 9.92. The lowest BCUT2D eigenvalue weighted by Gasteiger charge is -2.14. The third kappa shape index (κ3) is 56.7. The van der Waals surface area contributed by atoms with Gasteiger partial charge in [0.2, 0.25) is 0 Å². The van der Waals surface area contributed by atoms with Crippen LogP contribution >= 0.6 is 0 Å². The predicted molar refractivity (Wildman–Crippen MR) is 466 cm³/mol. The highest BCUT2D eigenvalue weighted by molar-refractivity contribution is 5.66. The Morgan fingerprint density at radius 2 is 0.784 bits per heavy atom. The van der Waals surface area contributed by atoms with E-state index in [1.165, 1.54) is 83.5 Å². The van der Waals surface area contributed by atoms with E-state index in [1.54, 1.807) is 0 Å². The van der Waals surface area contributed by atoms with Crippen LogP contribution in [-0.2, 0) is 0 Å². The maximum Gasteiger partial charge on any atom is -0.00482 e. The highest BCUT2D eigenvalue weighted by Crippen LogP contribution is 2.22. The van der Waals surface area contributed by atoms with E-state index >= 15 is 0 Å². The Bertz CT molecular complexity index is 2930. The Kier molecular flexibility index (Phi) is 79.5. The minimum absolute atomic E-state index is 0. The monoisotopic (exact) mass is 1330 g/mol. The van der Waals surface area contributed by atoms with Crippen molar-refractivity contribution in [3.8, 4) is 0 Å². The molecular formula is C97H162. The fraction of sp³-hybridized carbons (Fsp3) is 0.443. The number of benzene rings is 5. The summed E-state index contributed by atoms with van der Waals surface area (Å²) in [4.78, 5) is 0. The fourth-order valence-corrected chi connectivity index (χ4v) is 8.92. The van der Waals surface area contributed by atoms with Crippen LogP contribution in [-0.4, -0.2) is 0 Å². The van der Waals surface area contributed by atoms with Crippen LogP contribution < -0.4 is 0 Å². The third-order valence-corrected chi connectivity index (χ3v) is 15.4. The van der Waals surface area contributed by atoms with E-state index < -0.39 is 0 Å². The van der Waals surface area contributed by atoms with E-state index in [0.717, 1.165) is 19.3 Å². The minimum Gasteiger partial charge on any atom is -0.0839 e. The molecule has 0 saturated carbocycles. The molecule has 5 aliphatic carbocycles. The Balaban J connectivity index is -0.0000000933. The number of aryl methyl sites for hydroxylation is 6. The number of rotatable bonds is 4. The molecule has 5 aromatic carbocycles. The van der Waals surface area contributed by atoms with Gasteiger partial charge in [-0.2, -0.15) is 0 Å². The number of allylic oxidation sites excluding steroid dienone is 24. The average molecular weight is 1330 g/mol. The molecule has 0 N–H and O–H groups in total. The van der Waals surface area contributed by atoms with Crippen LogP contribution in [0.2, 0.25) is 0 Å². The molecule has 5 aliphatic rings. The molecule has 550 valence electrons. The lowest BCUT2D eigenvalue weighted by Crippen LogP contribution is -2.00. The summed E-state index contributed by atoms with van der Waals surface area (Å²) in [7, 11) is 0. The van der Waals surface area contributed by atoms with Gasteiger partial charge in [0, 0.05) is 0 Å². The molecular weight excluding hydrogens is 1170 g/mol. The van der Waals surface area contributed by atoms with Crippen molar-refractivity contribution in [3.05, 3.63) is 309 Å². The zero-order valence-electron chi connectivity index (χ0n) is 58.2. The molecule has 0 radical (unpaired) electrons. The van der Waals surface area contributed by atoms with Crippen LogP contribution in [0.4, 0.5) is 0 Å². The smallest absolute Gasteiger partial charge is 0.00482 e. The molecule has 0 fully saturated rings. The number of hydrogen-bond acceptors (Lipinski definition) is 0. The Labute approximate surface area is 611 Å². The maximum atomic E-state index is 2.32. The summed E-state index contributed by atoms with van der Waals surface area (Å²) in [6.07, 6.45) is 41.3. The minimum atomic E-state index is 0. The van der Waals surface area contributed by atoms with Crippen LogP contribution in [0.15, 0.2) is 265 Å². The highest BCUT2D eigenvalue weighted by atomic mass is 14.1. The second-order valence-corrected chi connectivity index (χ2v) is 24.3. The van der Waals surface area contributed by atoms with Crippen molar-refractivity contribution < 1.29 is 0 Å². The van der Waals surface area contributed by atoms with Crippen molar-refractivity contribution in [3.63, 3.8) is 0 Å². The van der Waals surface area contributed by atoms with Gasteiger partial charge in [0.05, 0.1) is 0 Å². The van der Waals surface area contributed by atoms with Gasteiger partial charge in [-0.05, 0) is 184 Å². The maximum absolute atomic E-state index is 2.32. The van der Waals surface area contributed by atoms with Gasteiger partial charge in [0.25, 0.3) is 0 Å². The predicted octanol–water partition coefficient (Wildman–Crippen LogP) is 33.3. The Morgan fingerprint density at radius 1 is 0.381 bits per heavy atom. The first-order valence-corrected chi connectivity index (χ1v) is 32.2. The van der Waals surface area contributed by atoms with Gasteiger partial charge in [-0.25, -0.2) is 0 Å². The van der Waals surface area contributed by atoms with Gasteiger partial charge in [-0.1, -0.05) is 431 Å². The summed E-state index contributed by atoms with van der Waals surface area (Å²) >= 11 is 0. The summed E-state index contributed by atoms with van der Waals surface area (Å²) in [6, 6.07) is 46.3. The topological polar surface area (TPSA) is 0 Å². The van der Waals surface area contributed by atoms with E-state index in [-0.39, 0.29) is 81.7 Å². The molecule has 5 unspecified atom stereocenters. The van der Waals surface area contributed by atoms with Crippen LogP contribution in [0.5, 0.6) is 0 Å². The second kappa shape index (κ2) is 67.5. The molecule has 5 aromatic rings. The highest BCUT2D eigenvalue weighted by Gasteiger charge is 2.06. The zero-order chi connectivity index (χ0) is 64.4. The Hall–Kier alpha value is -7.02. The normalized spacial score (nSPS) is 17.7. The zero-order valence-corrected chi connectivity index (χ0v) is 58.2. The molecule has 97 heavy (non-hydrogen) atoms. The van der Waals surface area contributed by atoms with E-state index in [0.29, 0.717) is 41.4 Å². The van der Waals surface area contributed by atoms with Gasteiger partial charge in [-0.15, -0.1) is 0 Å². The summed E-state index contributed by atoms with van der Waals surface area (Å²) < 4.78 is 0. The molecule has 0 saturated heterocycles. The quantitative estimate of drug-likeness (QED) is 0.157. The first kappa shape index (κ1) is 114. The average Bonchev–Trinajstić information content (AvgIpc) is 1.91. The van der Waals surface area contributed by atoms with E-state index in [2.05, 4.69) is 383 Å². The summed E-state index contributed by atoms with van der Waals surface area (Å²) in [5, 5.41) is 0. The summed E-state index contributed by atoms with van der Waals surface area (Å²) in [5.74, 6) is 4.68. The largest absolute Gasteiger partial charge is 0.0839 e. The van der Waals surface area contributed by atoms with Crippen LogP contribution in [0.3, 0.4) is 0 Å². The molecule has 0 aromatic heterocycles. The first-order valence-electron chi connectivity index (χ1n) is 32.2. The van der Waals surface area contributed by atoms with Crippen molar-refractivity contribution >= 4 is 11.1 Å². The SMILES string of the molecule is C.C.C.C.C.C.C.C.C.C.C.CC/C(C)=C(\C)c1ccccc1.CC/C=C(\C)c1ccccc1.CC1=CC(C)C=C1.CC1=CC(C)C=CC1.CC1=CC(C)C=CC1C.CC1=CC=CC1C.CC1C=CC(C)C=C1.Cc1ccc(C)cc1.Cc1cccc(C)c1.Cc1ccccc1C. The van der Waals surface area contributed by atoms with Crippen molar-refractivity contribution in [2.75, 3.05) is 0 Å². The molecule has 0 heteroatoms. The van der Waals surface area contributed by atoms with E-state index in [9.17, 15) is 0 Å². The molecule has 0 spiro atoms. The van der Waals surface area contributed by atoms with Gasteiger partial charge in [0.15, 0.2) is 0 Å². The lowest BCUT2D eigenvalue weighted by molar-refractivity contribution is 0.775. The summed E-state index contributed by atoms with van der Waals surface area (Å²) in [5.41, 5.74) is 20.9. The van der Waals surface area contributed by atoms with Gasteiger partial charge in [-0.3, -0.25) is 0 Å². The van der Waals surface area contributed by atoms with Crippen LogP contribution in [0, 0.1) is 83.0 Å². The number of hydrogen-bond donors (Lipinski definition) is 0. The second-order valence-electron chi connectivity index (χ2n) is 24.3. The third-order valence-electron chi connectivity index (χ3n) is 15.4. The van der Waals surface area contributed by atoms with E-state index in [4.69, 9.17) is 0 Å². The molecule has 10 rings (SSSR count). The van der Waals surface area contributed by atoms with Gasteiger partial charge in [0.1, 0.15) is 0 Å².